The van der Waals surface area contributed by atoms with Crippen LogP contribution >= 0.6 is 0 Å². The number of benzene rings is 2. The van der Waals surface area contributed by atoms with Gasteiger partial charge in [0.2, 0.25) is 0 Å². The molecular formula is C23H26N6O2. The molecule has 0 amide bonds. The number of hydrogen-bond acceptors (Lipinski definition) is 7. The lowest BCUT2D eigenvalue weighted by molar-refractivity contribution is 0.119. The first-order valence-corrected chi connectivity index (χ1v) is 10.5. The van der Waals surface area contributed by atoms with E-state index in [2.05, 4.69) is 55.3 Å². The Morgan fingerprint density at radius 3 is 2.23 bits per heavy atom. The van der Waals surface area contributed by atoms with Gasteiger partial charge in [-0.1, -0.05) is 30.3 Å². The van der Waals surface area contributed by atoms with E-state index in [4.69, 9.17) is 9.47 Å². The minimum atomic E-state index is 0.653. The molecule has 0 spiro atoms. The van der Waals surface area contributed by atoms with Crippen molar-refractivity contribution in [1.82, 2.24) is 29.4 Å². The Morgan fingerprint density at radius 2 is 1.52 bits per heavy atom. The van der Waals surface area contributed by atoms with E-state index in [0.29, 0.717) is 11.5 Å². The molecule has 8 heteroatoms. The van der Waals surface area contributed by atoms with Crippen LogP contribution in [0, 0.1) is 0 Å². The third-order valence-corrected chi connectivity index (χ3v) is 5.90. The van der Waals surface area contributed by atoms with Gasteiger partial charge in [-0.2, -0.15) is 0 Å². The minimum Gasteiger partial charge on any atom is -0.493 e. The Hall–Kier alpha value is -3.23. The monoisotopic (exact) mass is 418 g/mol. The summed E-state index contributed by atoms with van der Waals surface area (Å²) in [5.41, 5.74) is 2.95. The molecule has 1 aliphatic rings. The SMILES string of the molecule is COc1cc2ncn3c(CN4CCN(Cc5ccccc5)CC4)nnc3c2cc1OC. The number of nitrogens with zero attached hydrogens (tertiary/aromatic N) is 6. The highest BCUT2D eigenvalue weighted by Crippen LogP contribution is 2.32. The molecule has 0 bridgehead atoms. The average molecular weight is 419 g/mol. The number of methoxy groups -OCH3 is 2. The lowest BCUT2D eigenvalue weighted by Crippen LogP contribution is -2.45. The molecule has 1 saturated heterocycles. The largest absolute Gasteiger partial charge is 0.493 e. The number of rotatable bonds is 6. The lowest BCUT2D eigenvalue weighted by Gasteiger charge is -2.34. The summed E-state index contributed by atoms with van der Waals surface area (Å²) in [4.78, 5) is 9.53. The summed E-state index contributed by atoms with van der Waals surface area (Å²) in [6.07, 6.45) is 1.80. The summed E-state index contributed by atoms with van der Waals surface area (Å²) in [5.74, 6) is 2.21. The van der Waals surface area contributed by atoms with Crippen molar-refractivity contribution in [2.45, 2.75) is 13.1 Å². The maximum atomic E-state index is 5.45. The quantitative estimate of drug-likeness (QED) is 0.477. The summed E-state index contributed by atoms with van der Waals surface area (Å²) in [6.45, 7) is 5.86. The minimum absolute atomic E-state index is 0.653. The van der Waals surface area contributed by atoms with Crippen molar-refractivity contribution in [3.05, 3.63) is 60.2 Å². The second-order valence-corrected chi connectivity index (χ2v) is 7.82. The summed E-state index contributed by atoms with van der Waals surface area (Å²) in [5, 5.41) is 9.82. The normalized spacial score (nSPS) is 15.5. The zero-order chi connectivity index (χ0) is 21.2. The van der Waals surface area contributed by atoms with E-state index < -0.39 is 0 Å². The van der Waals surface area contributed by atoms with Crippen molar-refractivity contribution < 1.29 is 9.47 Å². The predicted octanol–water partition coefficient (Wildman–Crippen LogP) is 2.61. The molecule has 160 valence electrons. The predicted molar refractivity (Wildman–Crippen MR) is 118 cm³/mol. The fourth-order valence-electron chi connectivity index (χ4n) is 4.16. The molecule has 31 heavy (non-hydrogen) atoms. The topological polar surface area (TPSA) is 68.0 Å². The molecule has 1 fully saturated rings. The number of hydrogen-bond donors (Lipinski definition) is 0. The molecule has 0 radical (unpaired) electrons. The van der Waals surface area contributed by atoms with Crippen molar-refractivity contribution in [3.8, 4) is 11.5 Å². The molecule has 0 aliphatic carbocycles. The summed E-state index contributed by atoms with van der Waals surface area (Å²) >= 11 is 0. The van der Waals surface area contributed by atoms with Crippen molar-refractivity contribution in [3.63, 3.8) is 0 Å². The molecule has 0 atom stereocenters. The van der Waals surface area contributed by atoms with E-state index in [1.54, 1.807) is 20.5 Å². The van der Waals surface area contributed by atoms with Gasteiger partial charge in [0.15, 0.2) is 23.0 Å². The smallest absolute Gasteiger partial charge is 0.171 e. The van der Waals surface area contributed by atoms with E-state index in [0.717, 1.165) is 61.6 Å². The second-order valence-electron chi connectivity index (χ2n) is 7.82. The van der Waals surface area contributed by atoms with E-state index in [9.17, 15) is 0 Å². The molecular weight excluding hydrogens is 392 g/mol. The fraction of sp³-hybridized carbons (Fsp3) is 0.348. The third-order valence-electron chi connectivity index (χ3n) is 5.90. The maximum absolute atomic E-state index is 5.45. The molecule has 2 aromatic heterocycles. The molecule has 2 aromatic carbocycles. The van der Waals surface area contributed by atoms with Crippen LogP contribution in [0.25, 0.3) is 16.6 Å². The second kappa shape index (κ2) is 8.49. The average Bonchev–Trinajstić information content (AvgIpc) is 3.23. The van der Waals surface area contributed by atoms with E-state index >= 15 is 0 Å². The van der Waals surface area contributed by atoms with Gasteiger partial charge in [0.25, 0.3) is 0 Å². The van der Waals surface area contributed by atoms with Crippen molar-refractivity contribution in [2.24, 2.45) is 0 Å². The van der Waals surface area contributed by atoms with Gasteiger partial charge in [0.1, 0.15) is 6.33 Å². The highest BCUT2D eigenvalue weighted by molar-refractivity contribution is 5.93. The van der Waals surface area contributed by atoms with Gasteiger partial charge in [-0.25, -0.2) is 4.98 Å². The number of ether oxygens (including phenoxy) is 2. The van der Waals surface area contributed by atoms with Crippen LogP contribution in [-0.2, 0) is 13.1 Å². The fourth-order valence-corrected chi connectivity index (χ4v) is 4.16. The Bertz CT molecular complexity index is 1190. The van der Waals surface area contributed by atoms with Crippen molar-refractivity contribution in [2.75, 3.05) is 40.4 Å². The van der Waals surface area contributed by atoms with Gasteiger partial charge in [-0.15, -0.1) is 10.2 Å². The zero-order valence-electron chi connectivity index (χ0n) is 17.9. The van der Waals surface area contributed by atoms with E-state index in [1.165, 1.54) is 5.56 Å². The molecule has 0 unspecified atom stereocenters. The Balaban J connectivity index is 1.31. The molecule has 5 rings (SSSR count). The van der Waals surface area contributed by atoms with Gasteiger partial charge >= 0.3 is 0 Å². The maximum Gasteiger partial charge on any atom is 0.171 e. The third kappa shape index (κ3) is 3.92. The molecule has 1 aliphatic heterocycles. The van der Waals surface area contributed by atoms with Crippen molar-refractivity contribution in [1.29, 1.82) is 0 Å². The summed E-state index contributed by atoms with van der Waals surface area (Å²) < 4.78 is 12.8. The van der Waals surface area contributed by atoms with Crippen LogP contribution in [0.2, 0.25) is 0 Å². The molecule has 8 nitrogen and oxygen atoms in total. The summed E-state index contributed by atoms with van der Waals surface area (Å²) in [6, 6.07) is 14.4. The zero-order valence-corrected chi connectivity index (χ0v) is 17.9. The highest BCUT2D eigenvalue weighted by atomic mass is 16.5. The molecule has 3 heterocycles. The van der Waals surface area contributed by atoms with Gasteiger partial charge in [-0.05, 0) is 11.6 Å². The summed E-state index contributed by atoms with van der Waals surface area (Å²) in [7, 11) is 3.25. The van der Waals surface area contributed by atoms with E-state index in [-0.39, 0.29) is 0 Å². The van der Waals surface area contributed by atoms with Crippen LogP contribution in [0.1, 0.15) is 11.4 Å². The Morgan fingerprint density at radius 1 is 0.839 bits per heavy atom. The molecule has 4 aromatic rings. The van der Waals surface area contributed by atoms with Gasteiger partial charge in [0.05, 0.1) is 26.3 Å². The van der Waals surface area contributed by atoms with Gasteiger partial charge in [-0.3, -0.25) is 14.2 Å². The van der Waals surface area contributed by atoms with Crippen LogP contribution < -0.4 is 9.47 Å². The van der Waals surface area contributed by atoms with Gasteiger partial charge in [0, 0.05) is 44.2 Å². The first-order valence-electron chi connectivity index (χ1n) is 10.5. The Kier molecular flexibility index (Phi) is 5.40. The first-order chi connectivity index (χ1) is 15.2. The van der Waals surface area contributed by atoms with Crippen LogP contribution in [0.15, 0.2) is 48.8 Å². The Labute approximate surface area is 181 Å². The van der Waals surface area contributed by atoms with Crippen LogP contribution in [0.3, 0.4) is 0 Å². The van der Waals surface area contributed by atoms with Crippen LogP contribution in [-0.4, -0.2) is 69.8 Å². The standard InChI is InChI=1S/C23H26N6O2/c1-30-20-12-18-19(13-21(20)31-2)24-16-29-22(25-26-23(18)29)15-28-10-8-27(9-11-28)14-17-6-4-3-5-7-17/h3-7,12-13,16H,8-11,14-15H2,1-2H3. The van der Waals surface area contributed by atoms with E-state index in [1.807, 2.05) is 16.5 Å². The highest BCUT2D eigenvalue weighted by Gasteiger charge is 2.20. The molecule has 0 N–H and O–H groups in total. The number of piperazine rings is 1. The van der Waals surface area contributed by atoms with Crippen LogP contribution in [0.5, 0.6) is 11.5 Å². The van der Waals surface area contributed by atoms with Gasteiger partial charge < -0.3 is 9.47 Å². The number of aromatic nitrogens is 4. The first kappa shape index (κ1) is 19.7. The van der Waals surface area contributed by atoms with Crippen molar-refractivity contribution >= 4 is 16.6 Å². The number of fused-ring (bicyclic) bond motifs is 3. The van der Waals surface area contributed by atoms with Crippen LogP contribution in [0.4, 0.5) is 0 Å². The lowest BCUT2D eigenvalue weighted by atomic mass is 10.2. The molecule has 0 saturated carbocycles.